The van der Waals surface area contributed by atoms with Gasteiger partial charge in [0.2, 0.25) is 12.3 Å². The van der Waals surface area contributed by atoms with Gasteiger partial charge in [-0.25, -0.2) is 0 Å². The average molecular weight is 354 g/mol. The number of phenols is 1. The molecular formula is C19H22N4O3. The Bertz CT molecular complexity index is 749. The maximum Gasteiger partial charge on any atom is 0.227 e. The molecule has 2 amide bonds. The predicted molar refractivity (Wildman–Crippen MR) is 98.7 cm³/mol. The minimum Gasteiger partial charge on any atom is -0.508 e. The smallest absolute Gasteiger partial charge is 0.227 e. The molecule has 0 radical (unpaired) electrons. The summed E-state index contributed by atoms with van der Waals surface area (Å²) in [5.41, 5.74) is 1.30. The summed E-state index contributed by atoms with van der Waals surface area (Å²) in [7, 11) is 0. The molecule has 2 aliphatic rings. The first kappa shape index (κ1) is 17.9. The van der Waals surface area contributed by atoms with E-state index in [9.17, 15) is 14.7 Å². The number of piperazine rings is 1. The lowest BCUT2D eigenvalue weighted by Gasteiger charge is -2.36. The Balaban J connectivity index is 1.53. The van der Waals surface area contributed by atoms with Gasteiger partial charge in [0, 0.05) is 38.0 Å². The number of aliphatic imine (C=N–C) groups is 1. The number of amides is 2. The maximum absolute atomic E-state index is 12.5. The topological polar surface area (TPSA) is 85.2 Å². The summed E-state index contributed by atoms with van der Waals surface area (Å²) in [6.45, 7) is 2.68. The normalized spacial score (nSPS) is 20.4. The first-order valence-electron chi connectivity index (χ1n) is 8.58. The zero-order chi connectivity index (χ0) is 18.4. The van der Waals surface area contributed by atoms with E-state index in [-0.39, 0.29) is 24.2 Å². The molecule has 7 heteroatoms. The van der Waals surface area contributed by atoms with Gasteiger partial charge >= 0.3 is 0 Å². The van der Waals surface area contributed by atoms with E-state index < -0.39 is 0 Å². The predicted octanol–water partition coefficient (Wildman–Crippen LogP) is 0.675. The molecule has 136 valence electrons. The molecule has 2 N–H and O–H groups in total. The van der Waals surface area contributed by atoms with E-state index in [1.54, 1.807) is 30.5 Å². The van der Waals surface area contributed by atoms with Gasteiger partial charge in [-0.1, -0.05) is 24.3 Å². The van der Waals surface area contributed by atoms with Crippen LogP contribution in [0.1, 0.15) is 5.56 Å². The van der Waals surface area contributed by atoms with Crippen LogP contribution in [0.15, 0.2) is 53.2 Å². The Kier molecular flexibility index (Phi) is 5.80. The lowest BCUT2D eigenvalue weighted by atomic mass is 10.1. The summed E-state index contributed by atoms with van der Waals surface area (Å²) in [6.07, 6.45) is 8.01. The van der Waals surface area contributed by atoms with Crippen LogP contribution in [-0.2, 0) is 16.0 Å². The van der Waals surface area contributed by atoms with Gasteiger partial charge in [0.15, 0.2) is 0 Å². The molecule has 7 nitrogen and oxygen atoms in total. The number of rotatable bonds is 5. The van der Waals surface area contributed by atoms with Crippen molar-refractivity contribution in [1.82, 2.24) is 15.1 Å². The van der Waals surface area contributed by atoms with Crippen molar-refractivity contribution in [3.05, 3.63) is 53.8 Å². The van der Waals surface area contributed by atoms with Gasteiger partial charge in [0.25, 0.3) is 0 Å². The van der Waals surface area contributed by atoms with Gasteiger partial charge in [-0.15, -0.1) is 0 Å². The highest BCUT2D eigenvalue weighted by molar-refractivity contribution is 5.82. The van der Waals surface area contributed by atoms with Crippen molar-refractivity contribution in [3.63, 3.8) is 0 Å². The molecule has 1 atom stereocenters. The molecule has 0 bridgehead atoms. The number of allylic oxidation sites excluding steroid dienone is 3. The number of hydrogen-bond donors (Lipinski definition) is 2. The fourth-order valence-electron chi connectivity index (χ4n) is 3.05. The van der Waals surface area contributed by atoms with Crippen LogP contribution in [0.4, 0.5) is 0 Å². The van der Waals surface area contributed by atoms with Gasteiger partial charge in [0.1, 0.15) is 11.9 Å². The number of para-hydroxylation sites is 1. The van der Waals surface area contributed by atoms with Crippen LogP contribution in [0, 0.1) is 0 Å². The number of hydrogen-bond acceptors (Lipinski definition) is 5. The lowest BCUT2D eigenvalue weighted by molar-refractivity contribution is -0.132. The molecule has 26 heavy (non-hydrogen) atoms. The summed E-state index contributed by atoms with van der Waals surface area (Å²) < 4.78 is 0. The Hall–Kier alpha value is -2.93. The van der Waals surface area contributed by atoms with Gasteiger partial charge in [-0.05, 0) is 18.2 Å². The highest BCUT2D eigenvalue weighted by atomic mass is 16.3. The minimum absolute atomic E-state index is 0.0187. The Morgan fingerprint density at radius 3 is 2.77 bits per heavy atom. The van der Waals surface area contributed by atoms with Crippen LogP contribution in [-0.4, -0.2) is 65.8 Å². The summed E-state index contributed by atoms with van der Waals surface area (Å²) in [5.74, 6) is 0.176. The number of carbonyl (C=O) groups is 2. The van der Waals surface area contributed by atoms with Gasteiger partial charge in [0.05, 0.1) is 12.1 Å². The molecule has 0 aromatic heterocycles. The van der Waals surface area contributed by atoms with E-state index in [1.807, 2.05) is 23.1 Å². The second-order valence-corrected chi connectivity index (χ2v) is 6.18. The summed E-state index contributed by atoms with van der Waals surface area (Å²) in [4.78, 5) is 31.5. The van der Waals surface area contributed by atoms with Crippen molar-refractivity contribution >= 4 is 18.5 Å². The van der Waals surface area contributed by atoms with E-state index >= 15 is 0 Å². The molecule has 1 saturated heterocycles. The van der Waals surface area contributed by atoms with Crippen LogP contribution in [0.2, 0.25) is 0 Å². The average Bonchev–Trinajstić information content (AvgIpc) is 2.90. The van der Waals surface area contributed by atoms with Gasteiger partial charge in [-0.2, -0.15) is 0 Å². The molecule has 2 aliphatic heterocycles. The largest absolute Gasteiger partial charge is 0.508 e. The number of carbonyl (C=O) groups excluding carboxylic acids is 2. The molecule has 0 aliphatic carbocycles. The summed E-state index contributed by atoms with van der Waals surface area (Å²) in [5, 5.41) is 12.4. The quantitative estimate of drug-likeness (QED) is 0.762. The molecule has 2 heterocycles. The zero-order valence-corrected chi connectivity index (χ0v) is 14.4. The molecule has 0 saturated carbocycles. The van der Waals surface area contributed by atoms with Crippen molar-refractivity contribution in [2.45, 2.75) is 12.6 Å². The summed E-state index contributed by atoms with van der Waals surface area (Å²) >= 11 is 0. The fourth-order valence-corrected chi connectivity index (χ4v) is 3.05. The van der Waals surface area contributed by atoms with Crippen molar-refractivity contribution in [3.8, 4) is 5.75 Å². The van der Waals surface area contributed by atoms with Crippen LogP contribution in [0.5, 0.6) is 5.75 Å². The molecule has 0 spiro atoms. The number of aromatic hydroxyl groups is 1. The van der Waals surface area contributed by atoms with E-state index in [1.165, 1.54) is 0 Å². The monoisotopic (exact) mass is 354 g/mol. The number of nitrogens with zero attached hydrogens (tertiary/aromatic N) is 3. The Morgan fingerprint density at radius 2 is 2.04 bits per heavy atom. The molecular weight excluding hydrogens is 332 g/mol. The molecule has 1 aromatic carbocycles. The van der Waals surface area contributed by atoms with Gasteiger partial charge < -0.3 is 15.3 Å². The first-order valence-corrected chi connectivity index (χ1v) is 8.58. The van der Waals surface area contributed by atoms with E-state index in [0.29, 0.717) is 30.8 Å². The number of nitrogens with one attached hydrogen (secondary N) is 1. The van der Waals surface area contributed by atoms with E-state index in [4.69, 9.17) is 0 Å². The third-order valence-corrected chi connectivity index (χ3v) is 4.53. The van der Waals surface area contributed by atoms with Crippen molar-refractivity contribution in [2.75, 3.05) is 26.2 Å². The summed E-state index contributed by atoms with van der Waals surface area (Å²) in [6, 6.07) is 6.93. The standard InChI is InChI=1S/C19H22N4O3/c24-14-21-16-5-3-7-18(20-13-16)22-8-10-23(11-9-22)19(26)12-15-4-1-2-6-17(15)25/h1-7,13-14,18,25H,8-12H2,(H,21,24). The van der Waals surface area contributed by atoms with E-state index in [2.05, 4.69) is 15.2 Å². The zero-order valence-electron chi connectivity index (χ0n) is 14.4. The Labute approximate surface area is 152 Å². The molecule has 1 aromatic rings. The molecule has 1 unspecified atom stereocenters. The first-order chi connectivity index (χ1) is 12.7. The number of benzene rings is 1. The fraction of sp³-hybridized carbons (Fsp3) is 0.316. The second-order valence-electron chi connectivity index (χ2n) is 6.18. The van der Waals surface area contributed by atoms with Crippen molar-refractivity contribution in [1.29, 1.82) is 0 Å². The SMILES string of the molecule is O=CNC1=CC=CC(N2CCN(C(=O)Cc3ccccc3O)CC2)N=C1. The molecule has 3 rings (SSSR count). The third kappa shape index (κ3) is 4.37. The van der Waals surface area contributed by atoms with Crippen LogP contribution in [0.3, 0.4) is 0 Å². The second kappa shape index (κ2) is 8.44. The molecule has 1 fully saturated rings. The number of phenolic OH excluding ortho intramolecular Hbond substituents is 1. The van der Waals surface area contributed by atoms with Gasteiger partial charge in [-0.3, -0.25) is 19.5 Å². The van der Waals surface area contributed by atoms with Crippen LogP contribution in [0.25, 0.3) is 0 Å². The van der Waals surface area contributed by atoms with Crippen molar-refractivity contribution < 1.29 is 14.7 Å². The lowest BCUT2D eigenvalue weighted by Crippen LogP contribution is -2.51. The van der Waals surface area contributed by atoms with E-state index in [0.717, 1.165) is 13.1 Å². The maximum atomic E-state index is 12.5. The van der Waals surface area contributed by atoms with Crippen LogP contribution < -0.4 is 5.32 Å². The van der Waals surface area contributed by atoms with Crippen LogP contribution >= 0.6 is 0 Å². The highest BCUT2D eigenvalue weighted by Crippen LogP contribution is 2.18. The Morgan fingerprint density at radius 1 is 1.27 bits per heavy atom. The van der Waals surface area contributed by atoms with Crippen molar-refractivity contribution in [2.24, 2.45) is 4.99 Å². The minimum atomic E-state index is -0.104. The highest BCUT2D eigenvalue weighted by Gasteiger charge is 2.25. The third-order valence-electron chi connectivity index (χ3n) is 4.53.